The number of hydrogen-bond acceptors (Lipinski definition) is 0. The highest BCUT2D eigenvalue weighted by molar-refractivity contribution is 9.24. The smallest absolute Gasteiger partial charge is 0.151 e. The fourth-order valence-corrected chi connectivity index (χ4v) is 1.08. The highest BCUT2D eigenvalue weighted by atomic mass is 79.9. The van der Waals surface area contributed by atoms with Gasteiger partial charge in [0.2, 0.25) is 5.54 Å². The summed E-state index contributed by atoms with van der Waals surface area (Å²) in [6.07, 6.45) is 4.76. The van der Waals surface area contributed by atoms with Gasteiger partial charge in [0.15, 0.2) is 0 Å². The van der Waals surface area contributed by atoms with Crippen LogP contribution in [0.4, 0.5) is 0 Å². The van der Waals surface area contributed by atoms with E-state index in [0.29, 0.717) is 5.54 Å². The van der Waals surface area contributed by atoms with E-state index in [2.05, 4.69) is 27.8 Å². The van der Waals surface area contributed by atoms with E-state index in [9.17, 15) is 0 Å². The molecule has 1 heterocycles. The Morgan fingerprint density at radius 1 is 1.67 bits per heavy atom. The van der Waals surface area contributed by atoms with Crippen LogP contribution >= 0.6 is 15.8 Å². The van der Waals surface area contributed by atoms with Crippen molar-refractivity contribution in [1.29, 1.82) is 0 Å². The van der Waals surface area contributed by atoms with Gasteiger partial charge >= 0.3 is 0 Å². The molecule has 0 radical (unpaired) electrons. The lowest BCUT2D eigenvalue weighted by atomic mass is 9.78. The van der Waals surface area contributed by atoms with Gasteiger partial charge in [0.25, 0.3) is 0 Å². The van der Waals surface area contributed by atoms with Crippen molar-refractivity contribution >= 4 is 21.3 Å². The molecule has 0 aliphatic carbocycles. The molecule has 0 fully saturated rings. The molecule has 0 saturated carbocycles. The normalized spacial score (nSPS) is 19.8. The highest BCUT2D eigenvalue weighted by Crippen LogP contribution is 2.13. The molecular weight excluding hydrogens is 139 g/mol. The van der Waals surface area contributed by atoms with E-state index in [-0.39, 0.29) is 0 Å². The Hall–Kier alpha value is 0.285. The molecule has 0 saturated heterocycles. The lowest BCUT2D eigenvalue weighted by molar-refractivity contribution is 1.24. The monoisotopic (exact) mass is 144 g/mol. The van der Waals surface area contributed by atoms with Gasteiger partial charge in [-0.2, -0.15) is 15.8 Å². The minimum absolute atomic E-state index is 0.678. The third-order valence-corrected chi connectivity index (χ3v) is 1.72. The molecule has 0 spiro atoms. The summed E-state index contributed by atoms with van der Waals surface area (Å²) in [6.45, 7) is 0. The molecule has 32 valence electrons. The van der Waals surface area contributed by atoms with Crippen molar-refractivity contribution in [2.24, 2.45) is 0 Å². The third kappa shape index (κ3) is 0.871. The zero-order chi connectivity index (χ0) is 4.41. The number of halogens is 1. The molecule has 0 aromatic carbocycles. The van der Waals surface area contributed by atoms with Gasteiger partial charge in [0, 0.05) is 0 Å². The molecule has 2 heteroatoms. The standard InChI is InChI=1S/C4H6BBr/c6-5-3-1-2-4-5/h1,3H,2,4H2. The lowest BCUT2D eigenvalue weighted by Gasteiger charge is -1.80. The summed E-state index contributed by atoms with van der Waals surface area (Å²) in [6, 6.07) is 0. The van der Waals surface area contributed by atoms with Crippen molar-refractivity contribution in [2.75, 3.05) is 0 Å². The van der Waals surface area contributed by atoms with E-state index in [0.717, 1.165) is 0 Å². The Bertz CT molecular complexity index is 69.9. The highest BCUT2D eigenvalue weighted by Gasteiger charge is 2.06. The average Bonchev–Trinajstić information content (AvgIpc) is 1.86. The van der Waals surface area contributed by atoms with Crippen LogP contribution in [0.25, 0.3) is 0 Å². The van der Waals surface area contributed by atoms with Crippen LogP contribution in [0.1, 0.15) is 6.42 Å². The predicted molar refractivity (Wildman–Crippen MR) is 33.2 cm³/mol. The third-order valence-electron chi connectivity index (χ3n) is 0.954. The van der Waals surface area contributed by atoms with Crippen LogP contribution in [0.15, 0.2) is 12.1 Å². The van der Waals surface area contributed by atoms with Crippen molar-refractivity contribution in [3.05, 3.63) is 12.1 Å². The van der Waals surface area contributed by atoms with Crippen LogP contribution in [0, 0.1) is 0 Å². The number of allylic oxidation sites excluding steroid dienone is 1. The number of hydrogen-bond donors (Lipinski definition) is 0. The first kappa shape index (κ1) is 4.44. The maximum Gasteiger partial charge on any atom is 0.247 e. The molecule has 1 aliphatic heterocycles. The van der Waals surface area contributed by atoms with Gasteiger partial charge in [-0.25, -0.2) is 0 Å². The first-order chi connectivity index (χ1) is 2.89. The minimum atomic E-state index is 0.678. The van der Waals surface area contributed by atoms with E-state index in [1.54, 1.807) is 0 Å². The van der Waals surface area contributed by atoms with E-state index < -0.39 is 0 Å². The van der Waals surface area contributed by atoms with Crippen LogP contribution < -0.4 is 0 Å². The lowest BCUT2D eigenvalue weighted by Crippen LogP contribution is -1.87. The Kier molecular flexibility index (Phi) is 1.35. The molecule has 0 amide bonds. The molecule has 0 aromatic heterocycles. The van der Waals surface area contributed by atoms with E-state index in [1.807, 2.05) is 0 Å². The van der Waals surface area contributed by atoms with Crippen molar-refractivity contribution in [1.82, 2.24) is 0 Å². The minimum Gasteiger partial charge on any atom is -0.151 e. The summed E-state index contributed by atoms with van der Waals surface area (Å²) in [7, 11) is 0. The second-order valence-electron chi connectivity index (χ2n) is 1.52. The largest absolute Gasteiger partial charge is 0.247 e. The van der Waals surface area contributed by atoms with Crippen LogP contribution in [-0.2, 0) is 0 Å². The Balaban J connectivity index is 2.38. The van der Waals surface area contributed by atoms with Gasteiger partial charge in [-0.15, -0.1) is 5.98 Å². The predicted octanol–water partition coefficient (Wildman–Crippen LogP) is 1.87. The van der Waals surface area contributed by atoms with Gasteiger partial charge in [0.1, 0.15) is 0 Å². The molecule has 6 heavy (non-hydrogen) atoms. The zero-order valence-corrected chi connectivity index (χ0v) is 5.11. The Morgan fingerprint density at radius 3 is 2.67 bits per heavy atom. The summed E-state index contributed by atoms with van der Waals surface area (Å²) in [5.41, 5.74) is 0.678. The van der Waals surface area contributed by atoms with Crippen LogP contribution in [0.5, 0.6) is 0 Å². The van der Waals surface area contributed by atoms with Crippen LogP contribution in [0.2, 0.25) is 6.32 Å². The second-order valence-corrected chi connectivity index (χ2v) is 2.70. The fourth-order valence-electron chi connectivity index (χ4n) is 0.596. The molecule has 1 rings (SSSR count). The van der Waals surface area contributed by atoms with Crippen LogP contribution in [-0.4, -0.2) is 5.54 Å². The van der Waals surface area contributed by atoms with Gasteiger partial charge in [0.05, 0.1) is 0 Å². The summed E-state index contributed by atoms with van der Waals surface area (Å²) < 4.78 is 0. The van der Waals surface area contributed by atoms with Crippen molar-refractivity contribution in [2.45, 2.75) is 12.7 Å². The maximum atomic E-state index is 3.45. The van der Waals surface area contributed by atoms with E-state index in [1.165, 1.54) is 12.7 Å². The molecule has 1 aliphatic rings. The first-order valence-corrected chi connectivity index (χ1v) is 3.12. The zero-order valence-electron chi connectivity index (χ0n) is 3.52. The molecule has 0 N–H and O–H groups in total. The van der Waals surface area contributed by atoms with Gasteiger partial charge in [-0.05, 0) is 6.42 Å². The van der Waals surface area contributed by atoms with E-state index in [4.69, 9.17) is 0 Å². The molecule has 0 unspecified atom stereocenters. The summed E-state index contributed by atoms with van der Waals surface area (Å²) in [5.74, 6) is 2.19. The summed E-state index contributed by atoms with van der Waals surface area (Å²) in [4.78, 5) is 0. The average molecular weight is 145 g/mol. The number of rotatable bonds is 0. The summed E-state index contributed by atoms with van der Waals surface area (Å²) in [5, 5.41) is 0. The van der Waals surface area contributed by atoms with Gasteiger partial charge in [-0.3, -0.25) is 0 Å². The van der Waals surface area contributed by atoms with Crippen molar-refractivity contribution in [3.8, 4) is 0 Å². The van der Waals surface area contributed by atoms with E-state index >= 15 is 0 Å². The van der Waals surface area contributed by atoms with Crippen molar-refractivity contribution in [3.63, 3.8) is 0 Å². The Morgan fingerprint density at radius 2 is 2.50 bits per heavy atom. The maximum absolute atomic E-state index is 3.45. The second kappa shape index (κ2) is 1.83. The quantitative estimate of drug-likeness (QED) is 0.456. The molecule has 0 atom stereocenters. The molecule has 0 bridgehead atoms. The van der Waals surface area contributed by atoms with Gasteiger partial charge in [-0.1, -0.05) is 12.4 Å². The fraction of sp³-hybridized carbons (Fsp3) is 0.500. The SMILES string of the molecule is BrB1C=CCC1. The molecule has 0 nitrogen and oxygen atoms in total. The van der Waals surface area contributed by atoms with Crippen LogP contribution in [0.3, 0.4) is 0 Å². The Labute approximate surface area is 46.7 Å². The molecule has 0 aromatic rings. The first-order valence-electron chi connectivity index (χ1n) is 2.20. The molecular formula is C4H6BBr. The summed E-state index contributed by atoms with van der Waals surface area (Å²) >= 11 is 3.45. The van der Waals surface area contributed by atoms with Gasteiger partial charge < -0.3 is 0 Å². The van der Waals surface area contributed by atoms with Crippen molar-refractivity contribution < 1.29 is 0 Å². The topological polar surface area (TPSA) is 0 Å².